The van der Waals surface area contributed by atoms with E-state index >= 15 is 0 Å². The second-order valence-electron chi connectivity index (χ2n) is 3.85. The molecule has 0 saturated carbocycles. The highest BCUT2D eigenvalue weighted by Crippen LogP contribution is 2.09. The van der Waals surface area contributed by atoms with E-state index in [1.54, 1.807) is 0 Å². The molecule has 0 bridgehead atoms. The molecule has 0 atom stereocenters. The van der Waals surface area contributed by atoms with Crippen LogP contribution in [0.25, 0.3) is 0 Å². The van der Waals surface area contributed by atoms with Crippen molar-refractivity contribution < 1.29 is 5.11 Å². The highest BCUT2D eigenvalue weighted by atomic mass is 16.3. The van der Waals surface area contributed by atoms with E-state index in [9.17, 15) is 0 Å². The first-order chi connectivity index (χ1) is 7.29. The van der Waals surface area contributed by atoms with Crippen molar-refractivity contribution >= 4 is 0 Å². The molecule has 0 spiro atoms. The van der Waals surface area contributed by atoms with Gasteiger partial charge in [0.15, 0.2) is 0 Å². The number of nitriles is 1. The van der Waals surface area contributed by atoms with Crippen molar-refractivity contribution in [3.05, 3.63) is 0 Å². The minimum absolute atomic E-state index is 0.231. The Hall–Kier alpha value is -0.590. The predicted molar refractivity (Wildman–Crippen MR) is 62.5 cm³/mol. The van der Waals surface area contributed by atoms with Crippen LogP contribution >= 0.6 is 0 Å². The number of unbranched alkanes of at least 4 members (excludes halogenated alkanes) is 2. The van der Waals surface area contributed by atoms with Gasteiger partial charge >= 0.3 is 0 Å². The van der Waals surface area contributed by atoms with E-state index in [1.807, 2.05) is 0 Å². The van der Waals surface area contributed by atoms with Crippen molar-refractivity contribution in [3.63, 3.8) is 0 Å². The first kappa shape index (κ1) is 14.4. The van der Waals surface area contributed by atoms with Gasteiger partial charge in [0.1, 0.15) is 0 Å². The summed E-state index contributed by atoms with van der Waals surface area (Å²) in [6.07, 6.45) is 4.95. The molecule has 0 heterocycles. The zero-order valence-corrected chi connectivity index (χ0v) is 10.1. The van der Waals surface area contributed by atoms with Crippen LogP contribution in [0.5, 0.6) is 0 Å². The van der Waals surface area contributed by atoms with Crippen LogP contribution in [0, 0.1) is 11.3 Å². The second kappa shape index (κ2) is 9.95. The van der Waals surface area contributed by atoms with Gasteiger partial charge < -0.3 is 5.11 Å². The summed E-state index contributed by atoms with van der Waals surface area (Å²) in [6.45, 7) is 6.38. The summed E-state index contributed by atoms with van der Waals surface area (Å²) in [5, 5.41) is 17.4. The lowest BCUT2D eigenvalue weighted by atomic mass is 10.1. The number of aliphatic hydroxyl groups is 1. The van der Waals surface area contributed by atoms with Gasteiger partial charge in [0.25, 0.3) is 0 Å². The van der Waals surface area contributed by atoms with Gasteiger partial charge in [0, 0.05) is 19.0 Å². The molecule has 0 aromatic rings. The lowest BCUT2D eigenvalue weighted by molar-refractivity contribution is 0.141. The largest absolute Gasteiger partial charge is 0.395 e. The Balaban J connectivity index is 3.86. The SMILES string of the molecule is CCC(CC)N(CCO)CCCCC#N. The molecule has 88 valence electrons. The standard InChI is InChI=1S/C12H24N2O/c1-3-12(4-2)14(10-11-15)9-7-5-6-8-13/h12,15H,3-7,9-11H2,1-2H3. The third-order valence-electron chi connectivity index (χ3n) is 2.83. The predicted octanol–water partition coefficient (Wildman–Crippen LogP) is 2.16. The molecule has 0 aromatic heterocycles. The molecular formula is C12H24N2O. The Morgan fingerprint density at radius 1 is 1.20 bits per heavy atom. The Kier molecular flexibility index (Phi) is 9.55. The van der Waals surface area contributed by atoms with Crippen molar-refractivity contribution in [2.24, 2.45) is 0 Å². The summed E-state index contributed by atoms with van der Waals surface area (Å²) < 4.78 is 0. The van der Waals surface area contributed by atoms with Gasteiger partial charge in [0.05, 0.1) is 12.7 Å². The van der Waals surface area contributed by atoms with Gasteiger partial charge in [-0.25, -0.2) is 0 Å². The molecule has 0 unspecified atom stereocenters. The fourth-order valence-electron chi connectivity index (χ4n) is 1.93. The summed E-state index contributed by atoms with van der Waals surface area (Å²) in [4.78, 5) is 2.34. The number of nitrogens with zero attached hydrogens (tertiary/aromatic N) is 2. The summed E-state index contributed by atoms with van der Waals surface area (Å²) in [7, 11) is 0. The molecule has 0 aliphatic carbocycles. The van der Waals surface area contributed by atoms with Gasteiger partial charge in [-0.3, -0.25) is 4.90 Å². The van der Waals surface area contributed by atoms with E-state index in [0.29, 0.717) is 12.5 Å². The molecule has 0 rings (SSSR count). The lowest BCUT2D eigenvalue weighted by Crippen LogP contribution is -2.37. The van der Waals surface area contributed by atoms with Crippen LogP contribution in [0.3, 0.4) is 0 Å². The molecule has 0 amide bonds. The van der Waals surface area contributed by atoms with Crippen LogP contribution in [-0.2, 0) is 0 Å². The lowest BCUT2D eigenvalue weighted by Gasteiger charge is -2.29. The Labute approximate surface area is 93.7 Å². The highest BCUT2D eigenvalue weighted by molar-refractivity contribution is 4.72. The molecule has 0 fully saturated rings. The molecule has 3 heteroatoms. The fraction of sp³-hybridized carbons (Fsp3) is 0.917. The Morgan fingerprint density at radius 3 is 2.33 bits per heavy atom. The van der Waals surface area contributed by atoms with Crippen LogP contribution in [-0.4, -0.2) is 35.7 Å². The van der Waals surface area contributed by atoms with Gasteiger partial charge in [-0.2, -0.15) is 5.26 Å². The van der Waals surface area contributed by atoms with Crippen LogP contribution in [0.15, 0.2) is 0 Å². The second-order valence-corrected chi connectivity index (χ2v) is 3.85. The van der Waals surface area contributed by atoms with Crippen molar-refractivity contribution in [3.8, 4) is 6.07 Å². The van der Waals surface area contributed by atoms with Crippen molar-refractivity contribution in [2.45, 2.75) is 52.0 Å². The highest BCUT2D eigenvalue weighted by Gasteiger charge is 2.13. The van der Waals surface area contributed by atoms with Gasteiger partial charge in [-0.15, -0.1) is 0 Å². The minimum Gasteiger partial charge on any atom is -0.395 e. The number of hydrogen-bond donors (Lipinski definition) is 1. The minimum atomic E-state index is 0.231. The molecule has 1 N–H and O–H groups in total. The van der Waals surface area contributed by atoms with Gasteiger partial charge in [-0.05, 0) is 32.2 Å². The Morgan fingerprint density at radius 2 is 1.87 bits per heavy atom. The maximum absolute atomic E-state index is 8.99. The van der Waals surface area contributed by atoms with E-state index in [0.717, 1.165) is 38.8 Å². The summed E-state index contributed by atoms with van der Waals surface area (Å²) in [6, 6.07) is 2.75. The Bertz CT molecular complexity index is 173. The van der Waals surface area contributed by atoms with E-state index in [-0.39, 0.29) is 6.61 Å². The van der Waals surface area contributed by atoms with Crippen LogP contribution in [0.1, 0.15) is 46.0 Å². The maximum atomic E-state index is 8.99. The third-order valence-corrected chi connectivity index (χ3v) is 2.83. The van der Waals surface area contributed by atoms with Crippen molar-refractivity contribution in [2.75, 3.05) is 19.7 Å². The average Bonchev–Trinajstić information content (AvgIpc) is 2.26. The average molecular weight is 212 g/mol. The van der Waals surface area contributed by atoms with Gasteiger partial charge in [0.2, 0.25) is 0 Å². The third kappa shape index (κ3) is 6.48. The van der Waals surface area contributed by atoms with Crippen LogP contribution in [0.2, 0.25) is 0 Å². The normalized spacial score (nSPS) is 10.9. The fourth-order valence-corrected chi connectivity index (χ4v) is 1.93. The molecule has 0 aliphatic rings. The molecule has 3 nitrogen and oxygen atoms in total. The molecule has 0 aromatic carbocycles. The van der Waals surface area contributed by atoms with E-state index in [1.165, 1.54) is 0 Å². The van der Waals surface area contributed by atoms with E-state index in [4.69, 9.17) is 10.4 Å². The summed E-state index contributed by atoms with van der Waals surface area (Å²) in [5.74, 6) is 0. The number of aliphatic hydroxyl groups excluding tert-OH is 1. The monoisotopic (exact) mass is 212 g/mol. The zero-order chi connectivity index (χ0) is 11.5. The quantitative estimate of drug-likeness (QED) is 0.596. The van der Waals surface area contributed by atoms with Crippen molar-refractivity contribution in [1.82, 2.24) is 4.90 Å². The number of rotatable bonds is 9. The molecule has 0 saturated heterocycles. The van der Waals surface area contributed by atoms with E-state index in [2.05, 4.69) is 24.8 Å². The maximum Gasteiger partial charge on any atom is 0.0621 e. The first-order valence-electron chi connectivity index (χ1n) is 6.01. The molecule has 15 heavy (non-hydrogen) atoms. The topological polar surface area (TPSA) is 47.3 Å². The summed E-state index contributed by atoms with van der Waals surface area (Å²) in [5.41, 5.74) is 0. The molecular weight excluding hydrogens is 188 g/mol. The van der Waals surface area contributed by atoms with Crippen LogP contribution in [0.4, 0.5) is 0 Å². The van der Waals surface area contributed by atoms with E-state index < -0.39 is 0 Å². The molecule has 0 radical (unpaired) electrons. The summed E-state index contributed by atoms with van der Waals surface area (Å²) >= 11 is 0. The smallest absolute Gasteiger partial charge is 0.0621 e. The van der Waals surface area contributed by atoms with Crippen LogP contribution < -0.4 is 0 Å². The first-order valence-corrected chi connectivity index (χ1v) is 6.01. The molecule has 0 aliphatic heterocycles. The number of hydrogen-bond acceptors (Lipinski definition) is 3. The van der Waals surface area contributed by atoms with Crippen molar-refractivity contribution in [1.29, 1.82) is 5.26 Å². The van der Waals surface area contributed by atoms with Gasteiger partial charge in [-0.1, -0.05) is 13.8 Å². The zero-order valence-electron chi connectivity index (χ0n) is 10.1.